The van der Waals surface area contributed by atoms with Crippen LogP contribution in [0.5, 0.6) is 5.75 Å². The summed E-state index contributed by atoms with van der Waals surface area (Å²) < 4.78 is 5.28. The van der Waals surface area contributed by atoms with E-state index in [1.165, 1.54) is 0 Å². The minimum absolute atomic E-state index is 0.00938. The molecule has 120 valence electrons. The highest BCUT2D eigenvalue weighted by Crippen LogP contribution is 2.26. The Bertz CT molecular complexity index is 663. The highest BCUT2D eigenvalue weighted by atomic mass is 16.5. The number of nitrogens with one attached hydrogen (secondary N) is 1. The molecule has 0 aliphatic carbocycles. The number of hydrogen-bond acceptors (Lipinski definition) is 5. The van der Waals surface area contributed by atoms with Crippen LogP contribution in [0.4, 0.5) is 11.6 Å². The summed E-state index contributed by atoms with van der Waals surface area (Å²) in [6, 6.07) is 9.23. The molecule has 3 rings (SSSR count). The average Bonchev–Trinajstić information content (AvgIpc) is 2.63. The largest absolute Gasteiger partial charge is 0.495 e. The molecule has 1 fully saturated rings. The molecule has 1 aromatic carbocycles. The van der Waals surface area contributed by atoms with E-state index < -0.39 is 0 Å². The number of hydrogen-bond donors (Lipinski definition) is 1. The number of piperidine rings is 1. The summed E-state index contributed by atoms with van der Waals surface area (Å²) in [5.74, 6) is 1.27. The van der Waals surface area contributed by atoms with Crippen molar-refractivity contribution in [2.75, 3.05) is 30.4 Å². The lowest BCUT2D eigenvalue weighted by Gasteiger charge is -2.32. The molecule has 1 N–H and O–H groups in total. The predicted molar refractivity (Wildman–Crippen MR) is 88.6 cm³/mol. The third-order valence-electron chi connectivity index (χ3n) is 3.99. The number of rotatable bonds is 4. The SMILES string of the molecule is COc1ccccc1NC(=O)C1CCCN(c2ncccn2)C1. The molecule has 1 atom stereocenters. The summed E-state index contributed by atoms with van der Waals surface area (Å²) in [5, 5.41) is 2.97. The third-order valence-corrected chi connectivity index (χ3v) is 3.99. The van der Waals surface area contributed by atoms with Crippen molar-refractivity contribution in [2.24, 2.45) is 5.92 Å². The smallest absolute Gasteiger partial charge is 0.229 e. The van der Waals surface area contributed by atoms with E-state index in [0.717, 1.165) is 19.4 Å². The summed E-state index contributed by atoms with van der Waals surface area (Å²) in [6.07, 6.45) is 5.26. The van der Waals surface area contributed by atoms with Gasteiger partial charge in [-0.1, -0.05) is 12.1 Å². The van der Waals surface area contributed by atoms with Crippen molar-refractivity contribution in [3.8, 4) is 5.75 Å². The van der Waals surface area contributed by atoms with Gasteiger partial charge in [-0.25, -0.2) is 9.97 Å². The summed E-state index contributed by atoms with van der Waals surface area (Å²) in [7, 11) is 1.60. The van der Waals surface area contributed by atoms with E-state index in [1.54, 1.807) is 25.6 Å². The molecule has 2 aromatic rings. The Morgan fingerprint density at radius 1 is 1.26 bits per heavy atom. The van der Waals surface area contributed by atoms with Crippen LogP contribution < -0.4 is 15.0 Å². The van der Waals surface area contributed by atoms with Gasteiger partial charge >= 0.3 is 0 Å². The van der Waals surface area contributed by atoms with Crippen LogP contribution in [-0.2, 0) is 4.79 Å². The van der Waals surface area contributed by atoms with Gasteiger partial charge in [0.15, 0.2) is 0 Å². The molecular weight excluding hydrogens is 292 g/mol. The summed E-state index contributed by atoms with van der Waals surface area (Å²) in [4.78, 5) is 23.2. The van der Waals surface area contributed by atoms with Crippen LogP contribution in [0.15, 0.2) is 42.7 Å². The van der Waals surface area contributed by atoms with Crippen LogP contribution in [0.1, 0.15) is 12.8 Å². The second kappa shape index (κ2) is 7.09. The summed E-state index contributed by atoms with van der Waals surface area (Å²) in [5.41, 5.74) is 0.702. The molecule has 1 aliphatic rings. The lowest BCUT2D eigenvalue weighted by molar-refractivity contribution is -0.120. The number of ether oxygens (including phenoxy) is 1. The van der Waals surface area contributed by atoms with Crippen LogP contribution in [0.25, 0.3) is 0 Å². The molecule has 1 unspecified atom stereocenters. The first-order chi connectivity index (χ1) is 11.3. The number of aromatic nitrogens is 2. The Morgan fingerprint density at radius 3 is 2.83 bits per heavy atom. The van der Waals surface area contributed by atoms with E-state index in [1.807, 2.05) is 24.3 Å². The van der Waals surface area contributed by atoms with Gasteiger partial charge in [-0.2, -0.15) is 0 Å². The van der Waals surface area contributed by atoms with Crippen LogP contribution in [0, 0.1) is 5.92 Å². The second-order valence-corrected chi connectivity index (χ2v) is 5.52. The van der Waals surface area contributed by atoms with Crippen LogP contribution in [0.2, 0.25) is 0 Å². The predicted octanol–water partition coefficient (Wildman–Crippen LogP) is 2.34. The zero-order valence-corrected chi connectivity index (χ0v) is 13.1. The molecule has 1 amide bonds. The standard InChI is InChI=1S/C17H20N4O2/c1-23-15-8-3-2-7-14(15)20-16(22)13-6-4-11-21(12-13)17-18-9-5-10-19-17/h2-3,5,7-10,13H,4,6,11-12H2,1H3,(H,20,22). The maximum absolute atomic E-state index is 12.6. The first-order valence-corrected chi connectivity index (χ1v) is 7.74. The van der Waals surface area contributed by atoms with E-state index in [0.29, 0.717) is 23.9 Å². The lowest BCUT2D eigenvalue weighted by Crippen LogP contribution is -2.41. The number of benzene rings is 1. The topological polar surface area (TPSA) is 67.3 Å². The number of carbonyl (C=O) groups excluding carboxylic acids is 1. The molecule has 2 heterocycles. The molecule has 23 heavy (non-hydrogen) atoms. The Morgan fingerprint density at radius 2 is 2.04 bits per heavy atom. The zero-order chi connectivity index (χ0) is 16.1. The van der Waals surface area contributed by atoms with E-state index in [4.69, 9.17) is 4.74 Å². The minimum atomic E-state index is -0.0857. The fourth-order valence-electron chi connectivity index (χ4n) is 2.81. The third kappa shape index (κ3) is 3.59. The average molecular weight is 312 g/mol. The zero-order valence-electron chi connectivity index (χ0n) is 13.1. The maximum Gasteiger partial charge on any atom is 0.229 e. The van der Waals surface area contributed by atoms with Crippen molar-refractivity contribution in [3.63, 3.8) is 0 Å². The molecule has 0 saturated carbocycles. The molecule has 6 heteroatoms. The van der Waals surface area contributed by atoms with Gasteiger partial charge in [0.05, 0.1) is 18.7 Å². The molecule has 1 aromatic heterocycles. The number of anilines is 2. The molecule has 0 spiro atoms. The molecular formula is C17H20N4O2. The van der Waals surface area contributed by atoms with E-state index in [2.05, 4.69) is 20.2 Å². The van der Waals surface area contributed by atoms with Crippen molar-refractivity contribution < 1.29 is 9.53 Å². The normalized spacial score (nSPS) is 17.6. The number of carbonyl (C=O) groups is 1. The van der Waals surface area contributed by atoms with Gasteiger partial charge in [-0.3, -0.25) is 4.79 Å². The minimum Gasteiger partial charge on any atom is -0.495 e. The Kier molecular flexibility index (Phi) is 4.71. The first-order valence-electron chi connectivity index (χ1n) is 7.74. The lowest BCUT2D eigenvalue weighted by atomic mass is 9.97. The van der Waals surface area contributed by atoms with Crippen LogP contribution >= 0.6 is 0 Å². The van der Waals surface area contributed by atoms with Gasteiger partial charge in [0.25, 0.3) is 0 Å². The maximum atomic E-state index is 12.6. The monoisotopic (exact) mass is 312 g/mol. The van der Waals surface area contributed by atoms with Gasteiger partial charge in [0.2, 0.25) is 11.9 Å². The molecule has 0 bridgehead atoms. The Labute approximate surface area is 135 Å². The van der Waals surface area contributed by atoms with E-state index >= 15 is 0 Å². The van der Waals surface area contributed by atoms with Gasteiger partial charge in [-0.15, -0.1) is 0 Å². The number of methoxy groups -OCH3 is 1. The number of amides is 1. The van der Waals surface area contributed by atoms with Gasteiger partial charge in [0, 0.05) is 25.5 Å². The number of para-hydroxylation sites is 2. The van der Waals surface area contributed by atoms with Crippen molar-refractivity contribution in [3.05, 3.63) is 42.7 Å². The summed E-state index contributed by atoms with van der Waals surface area (Å²) >= 11 is 0. The fraction of sp³-hybridized carbons (Fsp3) is 0.353. The van der Waals surface area contributed by atoms with Gasteiger partial charge in [-0.05, 0) is 31.0 Å². The molecule has 1 aliphatic heterocycles. The van der Waals surface area contributed by atoms with Crippen LogP contribution in [0.3, 0.4) is 0 Å². The highest BCUT2D eigenvalue weighted by Gasteiger charge is 2.27. The van der Waals surface area contributed by atoms with Crippen molar-refractivity contribution in [1.29, 1.82) is 0 Å². The van der Waals surface area contributed by atoms with Crippen molar-refractivity contribution in [1.82, 2.24) is 9.97 Å². The molecule has 6 nitrogen and oxygen atoms in total. The van der Waals surface area contributed by atoms with Gasteiger partial charge < -0.3 is 15.0 Å². The highest BCUT2D eigenvalue weighted by molar-refractivity contribution is 5.94. The second-order valence-electron chi connectivity index (χ2n) is 5.52. The van der Waals surface area contributed by atoms with Gasteiger partial charge in [0.1, 0.15) is 5.75 Å². The molecule has 0 radical (unpaired) electrons. The molecule has 1 saturated heterocycles. The quantitative estimate of drug-likeness (QED) is 0.938. The summed E-state index contributed by atoms with van der Waals surface area (Å²) in [6.45, 7) is 1.51. The van der Waals surface area contributed by atoms with Crippen molar-refractivity contribution >= 4 is 17.5 Å². The Hall–Kier alpha value is -2.63. The van der Waals surface area contributed by atoms with E-state index in [9.17, 15) is 4.79 Å². The van der Waals surface area contributed by atoms with E-state index in [-0.39, 0.29) is 11.8 Å². The van der Waals surface area contributed by atoms with Crippen molar-refractivity contribution in [2.45, 2.75) is 12.8 Å². The Balaban J connectivity index is 1.68. The number of nitrogens with zero attached hydrogens (tertiary/aromatic N) is 3. The first kappa shape index (κ1) is 15.3. The van der Waals surface area contributed by atoms with Crippen LogP contribution in [-0.4, -0.2) is 36.1 Å². The fourth-order valence-corrected chi connectivity index (χ4v) is 2.81.